The predicted molar refractivity (Wildman–Crippen MR) is 62.3 cm³/mol. The van der Waals surface area contributed by atoms with E-state index in [0.29, 0.717) is 0 Å². The Bertz CT molecular complexity index is 141. The Labute approximate surface area is 88.8 Å². The summed E-state index contributed by atoms with van der Waals surface area (Å²) in [6.45, 7) is 8.06. The van der Waals surface area contributed by atoms with Crippen molar-refractivity contribution in [3.8, 4) is 0 Å². The van der Waals surface area contributed by atoms with Gasteiger partial charge in [0.05, 0.1) is 0 Å². The zero-order valence-corrected chi connectivity index (χ0v) is 9.84. The normalized spacial score (nSPS) is 16.9. The monoisotopic (exact) mass is 198 g/mol. The van der Waals surface area contributed by atoms with Gasteiger partial charge in [-0.25, -0.2) is 0 Å². The van der Waals surface area contributed by atoms with Crippen LogP contribution in [-0.4, -0.2) is 30.6 Å². The second kappa shape index (κ2) is 6.41. The van der Waals surface area contributed by atoms with Crippen molar-refractivity contribution in [2.24, 2.45) is 11.7 Å². The van der Waals surface area contributed by atoms with Gasteiger partial charge in [-0.05, 0) is 44.7 Å². The summed E-state index contributed by atoms with van der Waals surface area (Å²) < 4.78 is 0. The van der Waals surface area contributed by atoms with E-state index in [2.05, 4.69) is 18.7 Å². The quantitative estimate of drug-likeness (QED) is 0.606. The Morgan fingerprint density at radius 1 is 1.21 bits per heavy atom. The van der Waals surface area contributed by atoms with Crippen LogP contribution < -0.4 is 5.73 Å². The highest BCUT2D eigenvalue weighted by Gasteiger charge is 2.28. The molecule has 0 bridgehead atoms. The first-order valence-corrected chi connectivity index (χ1v) is 6.18. The number of nitrogens with two attached hydrogens (primary N) is 1. The number of unbranched alkanes of at least 4 members (excludes halogenated alkanes) is 2. The van der Waals surface area contributed by atoms with Crippen molar-refractivity contribution in [2.45, 2.75) is 52.0 Å². The van der Waals surface area contributed by atoms with Gasteiger partial charge in [0, 0.05) is 12.6 Å². The molecule has 0 saturated heterocycles. The first-order valence-electron chi connectivity index (χ1n) is 6.18. The number of nitrogens with zero attached hydrogens (tertiary/aromatic N) is 1. The van der Waals surface area contributed by atoms with Crippen molar-refractivity contribution < 1.29 is 0 Å². The van der Waals surface area contributed by atoms with E-state index in [0.717, 1.165) is 18.5 Å². The lowest BCUT2D eigenvalue weighted by Gasteiger charge is -2.23. The van der Waals surface area contributed by atoms with Crippen LogP contribution in [-0.2, 0) is 0 Å². The van der Waals surface area contributed by atoms with Crippen molar-refractivity contribution in [1.82, 2.24) is 4.90 Å². The maximum atomic E-state index is 5.48. The minimum atomic E-state index is 0.810. The third-order valence-electron chi connectivity index (χ3n) is 2.81. The van der Waals surface area contributed by atoms with Crippen LogP contribution in [0.2, 0.25) is 0 Å². The van der Waals surface area contributed by atoms with E-state index in [4.69, 9.17) is 5.73 Å². The first kappa shape index (κ1) is 12.0. The zero-order valence-electron chi connectivity index (χ0n) is 9.84. The summed E-state index contributed by atoms with van der Waals surface area (Å²) in [5, 5.41) is 0. The number of rotatable bonds is 8. The largest absolute Gasteiger partial charge is 0.330 e. The molecule has 14 heavy (non-hydrogen) atoms. The van der Waals surface area contributed by atoms with Crippen LogP contribution in [0.15, 0.2) is 0 Å². The average molecular weight is 198 g/mol. The molecule has 0 spiro atoms. The highest BCUT2D eigenvalue weighted by Crippen LogP contribution is 2.27. The maximum absolute atomic E-state index is 5.48. The summed E-state index contributed by atoms with van der Waals surface area (Å²) in [5.74, 6) is 0.810. The Hall–Kier alpha value is -0.0800. The van der Waals surface area contributed by atoms with Crippen molar-refractivity contribution in [3.63, 3.8) is 0 Å². The number of hydrogen-bond donors (Lipinski definition) is 1. The smallest absolute Gasteiger partial charge is 0.00965 e. The highest BCUT2D eigenvalue weighted by molar-refractivity contribution is 4.84. The van der Waals surface area contributed by atoms with Gasteiger partial charge < -0.3 is 10.6 Å². The van der Waals surface area contributed by atoms with E-state index in [-0.39, 0.29) is 0 Å². The molecule has 2 heteroatoms. The second-order valence-electron chi connectivity index (χ2n) is 4.97. The molecule has 0 atom stereocenters. The van der Waals surface area contributed by atoms with Gasteiger partial charge in [-0.15, -0.1) is 0 Å². The van der Waals surface area contributed by atoms with E-state index in [9.17, 15) is 0 Å². The standard InChI is InChI=1S/C12H26N2/c1-11(2)10-14(12-6-7-12)9-5-3-4-8-13/h11-12H,3-10,13H2,1-2H3. The molecule has 0 heterocycles. The SMILES string of the molecule is CC(C)CN(CCCCCN)C1CC1. The summed E-state index contributed by atoms with van der Waals surface area (Å²) in [5.41, 5.74) is 5.48. The summed E-state index contributed by atoms with van der Waals surface area (Å²) in [6.07, 6.45) is 6.70. The van der Waals surface area contributed by atoms with Gasteiger partial charge in [0.1, 0.15) is 0 Å². The van der Waals surface area contributed by atoms with Crippen LogP contribution >= 0.6 is 0 Å². The van der Waals surface area contributed by atoms with Crippen molar-refractivity contribution >= 4 is 0 Å². The molecule has 0 aromatic heterocycles. The predicted octanol–water partition coefficient (Wildman–Crippen LogP) is 2.24. The molecule has 0 amide bonds. The molecule has 84 valence electrons. The lowest BCUT2D eigenvalue weighted by Crippen LogP contribution is -2.31. The highest BCUT2D eigenvalue weighted by atomic mass is 15.2. The van der Waals surface area contributed by atoms with E-state index < -0.39 is 0 Å². The summed E-state index contributed by atoms with van der Waals surface area (Å²) >= 11 is 0. The molecule has 0 aromatic rings. The molecular weight excluding hydrogens is 172 g/mol. The molecule has 1 fully saturated rings. The van der Waals surface area contributed by atoms with Crippen molar-refractivity contribution in [3.05, 3.63) is 0 Å². The Balaban J connectivity index is 2.09. The fourth-order valence-electron chi connectivity index (χ4n) is 1.97. The van der Waals surface area contributed by atoms with E-state index >= 15 is 0 Å². The van der Waals surface area contributed by atoms with Crippen LogP contribution in [0.5, 0.6) is 0 Å². The van der Waals surface area contributed by atoms with Gasteiger partial charge in [0.15, 0.2) is 0 Å². The van der Waals surface area contributed by atoms with Gasteiger partial charge in [0.2, 0.25) is 0 Å². The second-order valence-corrected chi connectivity index (χ2v) is 4.97. The third kappa shape index (κ3) is 4.97. The molecule has 2 N–H and O–H groups in total. The maximum Gasteiger partial charge on any atom is 0.00965 e. The molecule has 0 aromatic carbocycles. The van der Waals surface area contributed by atoms with Gasteiger partial charge >= 0.3 is 0 Å². The van der Waals surface area contributed by atoms with Gasteiger partial charge in [-0.3, -0.25) is 0 Å². The van der Waals surface area contributed by atoms with Crippen LogP contribution in [0.4, 0.5) is 0 Å². The molecule has 0 radical (unpaired) electrons. The summed E-state index contributed by atoms with van der Waals surface area (Å²) in [4.78, 5) is 2.68. The average Bonchev–Trinajstić information content (AvgIpc) is 2.92. The molecule has 0 aliphatic heterocycles. The Morgan fingerprint density at radius 3 is 2.43 bits per heavy atom. The van der Waals surface area contributed by atoms with Gasteiger partial charge in [-0.2, -0.15) is 0 Å². The van der Waals surface area contributed by atoms with Crippen LogP contribution in [0.3, 0.4) is 0 Å². The van der Waals surface area contributed by atoms with E-state index in [1.54, 1.807) is 0 Å². The Kier molecular flexibility index (Phi) is 5.49. The molecule has 1 saturated carbocycles. The Morgan fingerprint density at radius 2 is 1.93 bits per heavy atom. The first-order chi connectivity index (χ1) is 6.74. The topological polar surface area (TPSA) is 29.3 Å². The van der Waals surface area contributed by atoms with Gasteiger partial charge in [-0.1, -0.05) is 20.3 Å². The molecular formula is C12H26N2. The molecule has 1 aliphatic carbocycles. The van der Waals surface area contributed by atoms with Crippen molar-refractivity contribution in [2.75, 3.05) is 19.6 Å². The summed E-state index contributed by atoms with van der Waals surface area (Å²) in [6, 6.07) is 0.926. The molecule has 2 nitrogen and oxygen atoms in total. The number of hydrogen-bond acceptors (Lipinski definition) is 2. The van der Waals surface area contributed by atoms with E-state index in [1.165, 1.54) is 45.2 Å². The fourth-order valence-corrected chi connectivity index (χ4v) is 1.97. The lowest BCUT2D eigenvalue weighted by molar-refractivity contribution is 0.229. The summed E-state index contributed by atoms with van der Waals surface area (Å²) in [7, 11) is 0. The minimum absolute atomic E-state index is 0.810. The molecule has 1 rings (SSSR count). The van der Waals surface area contributed by atoms with E-state index in [1.807, 2.05) is 0 Å². The minimum Gasteiger partial charge on any atom is -0.330 e. The van der Waals surface area contributed by atoms with Crippen molar-refractivity contribution in [1.29, 1.82) is 0 Å². The molecule has 1 aliphatic rings. The lowest BCUT2D eigenvalue weighted by atomic mass is 10.2. The fraction of sp³-hybridized carbons (Fsp3) is 1.00. The van der Waals surface area contributed by atoms with Gasteiger partial charge in [0.25, 0.3) is 0 Å². The third-order valence-corrected chi connectivity index (χ3v) is 2.81. The van der Waals surface area contributed by atoms with Crippen LogP contribution in [0.1, 0.15) is 46.0 Å². The van der Waals surface area contributed by atoms with Crippen LogP contribution in [0.25, 0.3) is 0 Å². The van der Waals surface area contributed by atoms with Crippen LogP contribution in [0, 0.1) is 5.92 Å². The molecule has 0 unspecified atom stereocenters. The zero-order chi connectivity index (χ0) is 10.4.